The first-order chi connectivity index (χ1) is 43.5. The van der Waals surface area contributed by atoms with E-state index in [-0.39, 0.29) is 95.3 Å². The molecule has 1 amide bonds. The summed E-state index contributed by atoms with van der Waals surface area (Å²) in [5.74, 6) is 0.647. The maximum Gasteiger partial charge on any atom is 1.00 e. The molecule has 0 aromatic rings. The van der Waals surface area contributed by atoms with Gasteiger partial charge in [-0.3, -0.25) is 19.2 Å². The molecule has 0 saturated heterocycles. The molecule has 91 heavy (non-hydrogen) atoms. The third-order valence-corrected chi connectivity index (χ3v) is 16.8. The first-order valence-electron chi connectivity index (χ1n) is 38.6. The Morgan fingerprint density at radius 3 is 1.23 bits per heavy atom. The van der Waals surface area contributed by atoms with Crippen LogP contribution in [0.2, 0.25) is 0 Å². The molecule has 1 atom stereocenters. The molecule has 0 radical (unpaired) electrons. The monoisotopic (exact) mass is 1320 g/mol. The first-order valence-corrected chi connectivity index (χ1v) is 38.6. The molecule has 0 aliphatic carbocycles. The van der Waals surface area contributed by atoms with Crippen LogP contribution in [0.1, 0.15) is 377 Å². The van der Waals surface area contributed by atoms with Crippen molar-refractivity contribution in [2.24, 2.45) is 11.8 Å². The van der Waals surface area contributed by atoms with Crippen LogP contribution in [0.4, 0.5) is 0 Å². The topological polar surface area (TPSA) is 127 Å². The number of carbonyl (C=O) groups excluding carboxylic acids is 4. The van der Waals surface area contributed by atoms with Crippen molar-refractivity contribution in [3.8, 4) is 0 Å². The molecule has 0 aliphatic heterocycles. The number of nitrogens with zero attached hydrogens (tertiary/aromatic N) is 1. The minimum absolute atomic E-state index is 0. The summed E-state index contributed by atoms with van der Waals surface area (Å²) < 4.78 is 34.6. The van der Waals surface area contributed by atoms with Crippen LogP contribution in [0.5, 0.6) is 0 Å². The largest absolute Gasteiger partial charge is 1.00 e. The second kappa shape index (κ2) is 83.8. The fraction of sp³-hybridized carbons (Fsp3) is 0.911. The van der Waals surface area contributed by atoms with Crippen LogP contribution in [0.15, 0.2) is 0 Å². The van der Waals surface area contributed by atoms with Crippen LogP contribution in [-0.2, 0) is 47.6 Å². The summed E-state index contributed by atoms with van der Waals surface area (Å²) in [6.45, 7) is 33.0. The van der Waals surface area contributed by atoms with E-state index >= 15 is 0 Å². The van der Waals surface area contributed by atoms with Crippen LogP contribution >= 0.6 is 0 Å². The van der Waals surface area contributed by atoms with Crippen LogP contribution in [0.25, 0.3) is 0 Å². The van der Waals surface area contributed by atoms with Gasteiger partial charge in [0.25, 0.3) is 5.91 Å². The Bertz CT molecular complexity index is 1400. The van der Waals surface area contributed by atoms with E-state index < -0.39 is 6.10 Å². The van der Waals surface area contributed by atoms with Crippen LogP contribution in [0.3, 0.4) is 0 Å². The molecule has 0 saturated carbocycles. The van der Waals surface area contributed by atoms with E-state index in [2.05, 4.69) is 69.2 Å². The fourth-order valence-electron chi connectivity index (χ4n) is 11.0. The molecule has 0 rings (SSSR count). The summed E-state index contributed by atoms with van der Waals surface area (Å²) in [5, 5.41) is 0. The summed E-state index contributed by atoms with van der Waals surface area (Å²) >= 11 is 0. The third kappa shape index (κ3) is 73.6. The number of hydrogen-bond acceptors (Lipinski definition) is 10. The van der Waals surface area contributed by atoms with E-state index in [0.29, 0.717) is 83.5 Å². The number of Topliss-reactive ketones (excluding diaryl/α,β-unsaturated/α-hetero) is 1. The van der Waals surface area contributed by atoms with Crippen molar-refractivity contribution in [3.05, 3.63) is 21.3 Å². The molecule has 0 fully saturated rings. The van der Waals surface area contributed by atoms with Gasteiger partial charge in [0.05, 0.1) is 19.8 Å². The number of rotatable bonds is 68. The van der Waals surface area contributed by atoms with Gasteiger partial charge < -0.3 is 54.6 Å². The van der Waals surface area contributed by atoms with E-state index in [1.807, 2.05) is 11.8 Å². The van der Waals surface area contributed by atoms with Gasteiger partial charge in [0.15, 0.2) is 6.10 Å². The number of unbranched alkanes of at least 4 members (excludes halogenated alkanes) is 29. The smallest absolute Gasteiger partial charge is 0.466 e. The zero-order valence-corrected chi connectivity index (χ0v) is 66.1. The molecule has 0 aromatic carbocycles. The predicted molar refractivity (Wildman–Crippen MR) is 386 cm³/mol. The predicted octanol–water partition coefficient (Wildman–Crippen LogP) is 19.9. The Hall–Kier alpha value is -0.444. The fourth-order valence-corrected chi connectivity index (χ4v) is 11.0. The summed E-state index contributed by atoms with van der Waals surface area (Å²) in [4.78, 5) is 53.5. The number of hydrogen-bond donors (Lipinski definition) is 0. The molecule has 0 aromatic heterocycles. The van der Waals surface area contributed by atoms with Gasteiger partial charge in [-0.2, -0.15) is 12.8 Å². The van der Waals surface area contributed by atoms with Gasteiger partial charge in [0, 0.05) is 71.3 Å². The average molecular weight is 1320 g/mol. The Kier molecular flexibility index (Phi) is 91.4. The Morgan fingerprint density at radius 1 is 0.385 bits per heavy atom. The number of ether oxygens (including phenoxy) is 6. The number of amides is 1. The molecule has 0 spiro atoms. The van der Waals surface area contributed by atoms with Crippen LogP contribution < -0.4 is 51.4 Å². The molecule has 0 bridgehead atoms. The maximum absolute atomic E-state index is 14.2. The maximum atomic E-state index is 14.2. The summed E-state index contributed by atoms with van der Waals surface area (Å²) in [6.07, 6.45) is 53.7. The average Bonchev–Trinajstić information content (AvgIpc) is 3.25. The molecule has 0 aliphatic rings. The second-order valence-corrected chi connectivity index (χ2v) is 25.8. The van der Waals surface area contributed by atoms with Gasteiger partial charge in [-0.05, 0) is 89.4 Å². The number of carbonyl (C=O) groups is 4. The van der Waals surface area contributed by atoms with Crippen LogP contribution in [-0.4, -0.2) is 107 Å². The summed E-state index contributed by atoms with van der Waals surface area (Å²) in [6, 6.07) is 0. The van der Waals surface area contributed by atoms with Crippen molar-refractivity contribution < 1.29 is 99.0 Å². The van der Waals surface area contributed by atoms with E-state index in [1.165, 1.54) is 180 Å². The van der Waals surface area contributed by atoms with E-state index in [0.717, 1.165) is 122 Å². The molecule has 0 heterocycles. The van der Waals surface area contributed by atoms with Gasteiger partial charge in [-0.15, -0.1) is 0 Å². The molecular formula is C79H156KNO10-2. The number of ketones is 1. The van der Waals surface area contributed by atoms with Gasteiger partial charge in [0.1, 0.15) is 11.9 Å². The van der Waals surface area contributed by atoms with E-state index in [1.54, 1.807) is 0 Å². The van der Waals surface area contributed by atoms with Gasteiger partial charge in [-0.25, -0.2) is 0 Å². The SMILES string of the molecule is CCCCCCCCC(CCCCCCCC)CC(=O)CCCCCOCC(OCCCCCC(=O)OC(CCCCCCCC)CCCCCCCC)C(=O)N(CCCCCCCC)CCOCCC.CCCOCCC.[CH2-]CC(C[CH2-])C(=O)OCCC.[CH3-].[K+]. The normalized spacial score (nSPS) is 11.4. The van der Waals surface area contributed by atoms with Crippen LogP contribution in [0, 0.1) is 33.1 Å². The zero-order valence-electron chi connectivity index (χ0n) is 63.0. The molecule has 12 heteroatoms. The van der Waals surface area contributed by atoms with Crippen molar-refractivity contribution in [2.45, 2.75) is 389 Å². The van der Waals surface area contributed by atoms with E-state index in [4.69, 9.17) is 28.4 Å². The number of esters is 2. The molecule has 11 nitrogen and oxygen atoms in total. The minimum Gasteiger partial charge on any atom is -0.466 e. The standard InChI is InChI=1S/C63H123NO7.C9H16O2.C6H14O.CH3.K/c1-7-13-18-23-28-35-44-58(45-36-29-24-19-14-8-2)56-59(65)46-37-33-42-53-69-57-61(63(67)64(51-55-68-52-12-6)50-41-32-27-22-17-11-5)70-54-43-34-40-49-62(66)71-60(47-38-30-25-20-15-9-3)48-39-31-26-21-16-10-4;1-4-7-11-9(10)8(5-2)6-3;1-3-5-7-6-4-2;;/h58,60-61H,7-57H2,1-6H3;8H,2-7H2,1H3;3-6H2,1-2H3;1H3;/q;-2;;-1;+1. The zero-order chi connectivity index (χ0) is 66.2. The molecule has 0 N–H and O–H groups in total. The minimum atomic E-state index is -0.673. The Balaban J connectivity index is -0.00000106. The van der Waals surface area contributed by atoms with Gasteiger partial charge in [0.2, 0.25) is 0 Å². The summed E-state index contributed by atoms with van der Waals surface area (Å²) in [5.41, 5.74) is 0. The van der Waals surface area contributed by atoms with Crippen molar-refractivity contribution >= 4 is 23.6 Å². The first kappa shape index (κ1) is 99.2. The van der Waals surface area contributed by atoms with Gasteiger partial charge in [-0.1, -0.05) is 261 Å². The van der Waals surface area contributed by atoms with Crippen molar-refractivity contribution in [1.82, 2.24) is 4.90 Å². The quantitative estimate of drug-likeness (QED) is 0.0251. The van der Waals surface area contributed by atoms with Crippen molar-refractivity contribution in [3.63, 3.8) is 0 Å². The Morgan fingerprint density at radius 2 is 0.780 bits per heavy atom. The van der Waals surface area contributed by atoms with Crippen molar-refractivity contribution in [1.29, 1.82) is 0 Å². The molecule has 540 valence electrons. The van der Waals surface area contributed by atoms with Gasteiger partial charge >= 0.3 is 63.3 Å². The third-order valence-electron chi connectivity index (χ3n) is 16.8. The molecular weight excluding hydrogens is 1160 g/mol. The second-order valence-electron chi connectivity index (χ2n) is 25.8. The summed E-state index contributed by atoms with van der Waals surface area (Å²) in [7, 11) is 0. The Labute approximate surface area is 610 Å². The molecule has 1 unspecified atom stereocenters. The van der Waals surface area contributed by atoms with Crippen molar-refractivity contribution in [2.75, 3.05) is 65.9 Å². The van der Waals surface area contributed by atoms with E-state index in [9.17, 15) is 19.2 Å².